The highest BCUT2D eigenvalue weighted by Gasteiger charge is 2.33. The van der Waals surface area contributed by atoms with Gasteiger partial charge in [-0.25, -0.2) is 4.79 Å². The van der Waals surface area contributed by atoms with Gasteiger partial charge in [-0.05, 0) is 30.6 Å². The number of nitrogens with one attached hydrogen (secondary N) is 3. The molecule has 0 saturated heterocycles. The minimum atomic E-state index is -1.24. The summed E-state index contributed by atoms with van der Waals surface area (Å²) >= 11 is 0. The van der Waals surface area contributed by atoms with Gasteiger partial charge < -0.3 is 26.8 Å². The van der Waals surface area contributed by atoms with Crippen LogP contribution in [0.5, 0.6) is 0 Å². The summed E-state index contributed by atoms with van der Waals surface area (Å²) in [5.74, 6) is -4.81. The van der Waals surface area contributed by atoms with Gasteiger partial charge in [0.1, 0.15) is 12.1 Å². The lowest BCUT2D eigenvalue weighted by Gasteiger charge is -2.26. The summed E-state index contributed by atoms with van der Waals surface area (Å²) < 4.78 is 0. The van der Waals surface area contributed by atoms with Crippen molar-refractivity contribution in [2.45, 2.75) is 85.5 Å². The summed E-state index contributed by atoms with van der Waals surface area (Å²) in [6.45, 7) is 12.2. The van der Waals surface area contributed by atoms with Crippen LogP contribution in [0.1, 0.15) is 61.3 Å². The first-order valence-electron chi connectivity index (χ1n) is 10.7. The van der Waals surface area contributed by atoms with E-state index in [2.05, 4.69) is 16.0 Å². The van der Waals surface area contributed by atoms with E-state index in [-0.39, 0.29) is 30.6 Å². The Morgan fingerprint density at radius 3 is 1.74 bits per heavy atom. The fourth-order valence-electron chi connectivity index (χ4n) is 2.78. The summed E-state index contributed by atoms with van der Waals surface area (Å²) in [5, 5.41) is 16.6. The van der Waals surface area contributed by atoms with Crippen molar-refractivity contribution in [1.29, 1.82) is 0 Å². The Bertz CT molecular complexity index is 662. The molecule has 4 atom stereocenters. The normalized spacial score (nSPS) is 15.2. The quantitative estimate of drug-likeness (QED) is 0.254. The third-order valence-corrected chi connectivity index (χ3v) is 4.84. The number of carboxylic acid groups (broad SMARTS) is 1. The van der Waals surface area contributed by atoms with Crippen molar-refractivity contribution < 1.29 is 29.1 Å². The molecule has 0 rings (SSSR count). The average Bonchev–Trinajstić information content (AvgIpc) is 2.67. The maximum atomic E-state index is 12.7. The van der Waals surface area contributed by atoms with Crippen molar-refractivity contribution in [1.82, 2.24) is 16.0 Å². The molecule has 178 valence electrons. The van der Waals surface area contributed by atoms with Crippen LogP contribution in [-0.4, -0.2) is 58.7 Å². The van der Waals surface area contributed by atoms with Crippen LogP contribution in [0.3, 0.4) is 0 Å². The van der Waals surface area contributed by atoms with Gasteiger partial charge in [0.15, 0.2) is 0 Å². The number of hydrogen-bond acceptors (Lipinski definition) is 6. The fraction of sp³-hybridized carbons (Fsp3) is 0.762. The van der Waals surface area contributed by atoms with Crippen molar-refractivity contribution in [3.8, 4) is 0 Å². The number of carbonyl (C=O) groups excluding carboxylic acids is 4. The smallest absolute Gasteiger partial charge is 0.326 e. The first kappa shape index (κ1) is 28.5. The van der Waals surface area contributed by atoms with Gasteiger partial charge in [-0.3, -0.25) is 19.2 Å². The second-order valence-corrected chi connectivity index (χ2v) is 8.83. The van der Waals surface area contributed by atoms with E-state index in [9.17, 15) is 29.1 Å². The molecule has 0 aromatic heterocycles. The molecule has 0 aromatic carbocycles. The molecule has 0 aromatic rings. The number of rotatable bonds is 13. The molecule has 6 N–H and O–H groups in total. The molecule has 10 nitrogen and oxygen atoms in total. The average molecular weight is 443 g/mol. The fourth-order valence-corrected chi connectivity index (χ4v) is 2.78. The zero-order valence-electron chi connectivity index (χ0n) is 19.5. The number of nitrogens with two attached hydrogens (primary N) is 1. The summed E-state index contributed by atoms with van der Waals surface area (Å²) in [6.07, 6.45) is 0.277. The third kappa shape index (κ3) is 9.46. The van der Waals surface area contributed by atoms with Gasteiger partial charge in [0, 0.05) is 0 Å². The number of carboxylic acids is 1. The summed E-state index contributed by atoms with van der Waals surface area (Å²) in [6, 6.07) is -4.10. The molecule has 1 unspecified atom stereocenters. The van der Waals surface area contributed by atoms with Crippen molar-refractivity contribution in [3.63, 3.8) is 0 Å². The van der Waals surface area contributed by atoms with Crippen LogP contribution in [0, 0.1) is 17.8 Å². The lowest BCUT2D eigenvalue weighted by atomic mass is 9.99. The first-order valence-corrected chi connectivity index (χ1v) is 10.7. The number of amides is 3. The highest BCUT2D eigenvalue weighted by molar-refractivity contribution is 6.38. The van der Waals surface area contributed by atoms with E-state index in [0.29, 0.717) is 0 Å². The van der Waals surface area contributed by atoms with Crippen LogP contribution < -0.4 is 21.7 Å². The third-order valence-electron chi connectivity index (χ3n) is 4.84. The van der Waals surface area contributed by atoms with E-state index < -0.39 is 53.6 Å². The minimum absolute atomic E-state index is 0.00852. The number of aliphatic carboxylic acids is 1. The zero-order chi connectivity index (χ0) is 24.5. The zero-order valence-corrected chi connectivity index (χ0v) is 19.5. The van der Waals surface area contributed by atoms with Crippen LogP contribution >= 0.6 is 0 Å². The Labute approximate surface area is 184 Å². The Morgan fingerprint density at radius 2 is 1.35 bits per heavy atom. The topological polar surface area (TPSA) is 168 Å². The Hall–Kier alpha value is -2.49. The van der Waals surface area contributed by atoms with Gasteiger partial charge in [-0.15, -0.1) is 0 Å². The lowest BCUT2D eigenvalue weighted by Crippen LogP contribution is -2.58. The van der Waals surface area contributed by atoms with Crippen molar-refractivity contribution >= 4 is 29.5 Å². The molecule has 0 saturated carbocycles. The van der Waals surface area contributed by atoms with E-state index in [1.54, 1.807) is 48.5 Å². The first-order chi connectivity index (χ1) is 14.2. The molecule has 0 radical (unpaired) electrons. The van der Waals surface area contributed by atoms with Crippen LogP contribution in [0.15, 0.2) is 0 Å². The molecule has 31 heavy (non-hydrogen) atoms. The van der Waals surface area contributed by atoms with E-state index >= 15 is 0 Å². The molecule has 0 bridgehead atoms. The molecule has 0 aliphatic heterocycles. The molecule has 0 aliphatic rings. The predicted octanol–water partition coefficient (Wildman–Crippen LogP) is 0.190. The molecule has 3 amide bonds. The molecule has 0 spiro atoms. The predicted molar refractivity (Wildman–Crippen MR) is 116 cm³/mol. The van der Waals surface area contributed by atoms with Gasteiger partial charge in [0.25, 0.3) is 5.91 Å². The van der Waals surface area contributed by atoms with Gasteiger partial charge in [-0.1, -0.05) is 48.5 Å². The summed E-state index contributed by atoms with van der Waals surface area (Å²) in [7, 11) is 0. The van der Waals surface area contributed by atoms with E-state index in [4.69, 9.17) is 5.73 Å². The molecule has 0 aliphatic carbocycles. The Kier molecular flexibility index (Phi) is 12.0. The number of carbonyl (C=O) groups is 5. The largest absolute Gasteiger partial charge is 0.480 e. The maximum absolute atomic E-state index is 12.7. The van der Waals surface area contributed by atoms with Crippen LogP contribution in [0.4, 0.5) is 0 Å². The highest BCUT2D eigenvalue weighted by Crippen LogP contribution is 2.08. The van der Waals surface area contributed by atoms with Crippen molar-refractivity contribution in [3.05, 3.63) is 0 Å². The van der Waals surface area contributed by atoms with Gasteiger partial charge in [0.05, 0.1) is 12.1 Å². The van der Waals surface area contributed by atoms with Crippen LogP contribution in [0.25, 0.3) is 0 Å². The lowest BCUT2D eigenvalue weighted by molar-refractivity contribution is -0.145. The standard InChI is InChI=1S/C21H38N4O6/c1-8-13(17(26)20(29)24-14(21(30)31)9-10(2)3)23-19(28)16(12(6)7)25-18(27)15(22)11(4)5/h10-16H,8-9,22H2,1-7H3,(H,23,28)(H,24,29)(H,25,27)(H,30,31)/t13?,14-,15+,16+/m1/s1. The van der Waals surface area contributed by atoms with Crippen molar-refractivity contribution in [2.75, 3.05) is 0 Å². The highest BCUT2D eigenvalue weighted by atomic mass is 16.4. The molecular weight excluding hydrogens is 404 g/mol. The van der Waals surface area contributed by atoms with E-state index in [0.717, 1.165) is 0 Å². The van der Waals surface area contributed by atoms with Gasteiger partial charge >= 0.3 is 5.97 Å². The second-order valence-electron chi connectivity index (χ2n) is 8.83. The number of Topliss-reactive ketones (excluding diaryl/α,β-unsaturated/α-hetero) is 1. The van der Waals surface area contributed by atoms with Crippen LogP contribution in [0.2, 0.25) is 0 Å². The minimum Gasteiger partial charge on any atom is -0.480 e. The van der Waals surface area contributed by atoms with Gasteiger partial charge in [-0.2, -0.15) is 0 Å². The summed E-state index contributed by atoms with van der Waals surface area (Å²) in [5.41, 5.74) is 5.83. The molecule has 0 fully saturated rings. The second kappa shape index (κ2) is 13.0. The van der Waals surface area contributed by atoms with E-state index in [1.807, 2.05) is 0 Å². The summed E-state index contributed by atoms with van der Waals surface area (Å²) in [4.78, 5) is 61.2. The number of ketones is 1. The molecule has 0 heterocycles. The SMILES string of the molecule is CCC(NC(=O)[C@@H](NC(=O)[C@@H](N)C(C)C)C(C)C)C(=O)C(=O)N[C@H](CC(C)C)C(=O)O. The Balaban J connectivity index is 5.27. The molecule has 10 heteroatoms. The van der Waals surface area contributed by atoms with Crippen molar-refractivity contribution in [2.24, 2.45) is 23.5 Å². The van der Waals surface area contributed by atoms with E-state index in [1.165, 1.54) is 0 Å². The monoisotopic (exact) mass is 442 g/mol. The molecular formula is C21H38N4O6. The number of hydrogen-bond donors (Lipinski definition) is 5. The Morgan fingerprint density at radius 1 is 0.806 bits per heavy atom. The van der Waals surface area contributed by atoms with Crippen LogP contribution in [-0.2, 0) is 24.0 Å². The van der Waals surface area contributed by atoms with Gasteiger partial charge in [0.2, 0.25) is 17.6 Å². The maximum Gasteiger partial charge on any atom is 0.326 e.